The summed E-state index contributed by atoms with van der Waals surface area (Å²) in [5, 5.41) is 3.48. The van der Waals surface area contributed by atoms with Crippen molar-refractivity contribution in [3.8, 4) is 0 Å². The number of carbonyl (C=O) groups is 1. The van der Waals surface area contributed by atoms with Crippen molar-refractivity contribution in [1.82, 2.24) is 9.55 Å². The molecule has 7 heteroatoms. The van der Waals surface area contributed by atoms with Gasteiger partial charge < -0.3 is 10.1 Å². The topological polar surface area (TPSA) is 73.2 Å². The van der Waals surface area contributed by atoms with Crippen molar-refractivity contribution in [2.24, 2.45) is 0 Å². The summed E-state index contributed by atoms with van der Waals surface area (Å²) in [6.07, 6.45) is 5.46. The van der Waals surface area contributed by atoms with E-state index in [2.05, 4.69) is 17.2 Å². The lowest BCUT2D eigenvalue weighted by Crippen LogP contribution is -2.36. The van der Waals surface area contributed by atoms with Crippen molar-refractivity contribution in [3.05, 3.63) is 21.2 Å². The van der Waals surface area contributed by atoms with Crippen molar-refractivity contribution in [2.45, 2.75) is 69.9 Å². The minimum absolute atomic E-state index is 0.239. The van der Waals surface area contributed by atoms with Gasteiger partial charge in [0.15, 0.2) is 11.0 Å². The number of hydrogen-bond donors (Lipinski definition) is 1. The van der Waals surface area contributed by atoms with Crippen LogP contribution in [-0.2, 0) is 14.9 Å². The maximum atomic E-state index is 13.0. The number of hydrogen-bond acceptors (Lipinski definition) is 5. The van der Waals surface area contributed by atoms with E-state index in [1.54, 1.807) is 0 Å². The number of esters is 1. The molecule has 0 spiro atoms. The molecule has 1 N–H and O–H groups in total. The first-order valence-electron chi connectivity index (χ1n) is 8.58. The molecule has 6 nitrogen and oxygen atoms in total. The highest BCUT2D eigenvalue weighted by molar-refractivity contribution is 6.30. The zero-order valence-corrected chi connectivity index (χ0v) is 15.2. The van der Waals surface area contributed by atoms with Crippen LogP contribution in [0.5, 0.6) is 0 Å². The molecule has 0 unspecified atom stereocenters. The van der Waals surface area contributed by atoms with Crippen LogP contribution < -0.4 is 10.9 Å². The van der Waals surface area contributed by atoms with Gasteiger partial charge in [-0.15, -0.1) is 0 Å². The Morgan fingerprint density at radius 3 is 2.75 bits per heavy atom. The van der Waals surface area contributed by atoms with Gasteiger partial charge in [0.05, 0.1) is 12.8 Å². The van der Waals surface area contributed by atoms with Gasteiger partial charge in [-0.05, 0) is 32.1 Å². The van der Waals surface area contributed by atoms with E-state index in [0.717, 1.165) is 32.1 Å². The van der Waals surface area contributed by atoms with Gasteiger partial charge in [-0.3, -0.25) is 9.36 Å². The molecule has 0 bridgehead atoms. The van der Waals surface area contributed by atoms with Crippen molar-refractivity contribution in [3.63, 3.8) is 0 Å². The number of nitrogens with zero attached hydrogens (tertiary/aromatic N) is 2. The number of anilines is 1. The highest BCUT2D eigenvalue weighted by Gasteiger charge is 2.46. The Labute approximate surface area is 146 Å². The van der Waals surface area contributed by atoms with Crippen LogP contribution in [0.3, 0.4) is 0 Å². The molecule has 1 fully saturated rings. The van der Waals surface area contributed by atoms with Gasteiger partial charge in [0.25, 0.3) is 5.56 Å². The molecule has 0 saturated heterocycles. The third-order valence-electron chi connectivity index (χ3n) is 5.32. The van der Waals surface area contributed by atoms with Gasteiger partial charge in [0.2, 0.25) is 0 Å². The summed E-state index contributed by atoms with van der Waals surface area (Å²) in [7, 11) is 1.35. The third kappa shape index (κ3) is 2.70. The molecule has 1 aromatic heterocycles. The zero-order chi connectivity index (χ0) is 17.5. The van der Waals surface area contributed by atoms with E-state index in [1.807, 2.05) is 6.92 Å². The average molecular weight is 354 g/mol. The first kappa shape index (κ1) is 17.3. The lowest BCUT2D eigenvalue weighted by Gasteiger charge is -2.28. The molecule has 1 aromatic rings. The molecule has 2 atom stereocenters. The first-order chi connectivity index (χ1) is 11.4. The summed E-state index contributed by atoms with van der Waals surface area (Å²) < 4.78 is 6.44. The summed E-state index contributed by atoms with van der Waals surface area (Å²) in [4.78, 5) is 29.6. The normalized spacial score (nSPS) is 25.9. The Kier molecular flexibility index (Phi) is 4.60. The van der Waals surface area contributed by atoms with Crippen LogP contribution in [0.1, 0.15) is 64.1 Å². The number of halogens is 1. The summed E-state index contributed by atoms with van der Waals surface area (Å²) in [6, 6.07) is -0.378. The van der Waals surface area contributed by atoms with E-state index < -0.39 is 12.0 Å². The Balaban J connectivity index is 2.12. The maximum Gasteiger partial charge on any atom is 0.329 e. The van der Waals surface area contributed by atoms with Gasteiger partial charge in [-0.1, -0.05) is 31.9 Å². The Morgan fingerprint density at radius 2 is 2.21 bits per heavy atom. The van der Waals surface area contributed by atoms with Gasteiger partial charge in [0.1, 0.15) is 6.04 Å². The Hall–Kier alpha value is -1.56. The number of carbonyl (C=O) groups excluding carboxylic acids is 1. The Morgan fingerprint density at radius 1 is 1.50 bits per heavy atom. The number of rotatable bonds is 5. The second kappa shape index (κ2) is 6.39. The number of methoxy groups -OCH3 is 1. The van der Waals surface area contributed by atoms with Gasteiger partial charge >= 0.3 is 5.97 Å². The minimum atomic E-state index is -0.642. The fourth-order valence-corrected chi connectivity index (χ4v) is 4.31. The summed E-state index contributed by atoms with van der Waals surface area (Å²) in [6.45, 7) is 4.12. The van der Waals surface area contributed by atoms with Crippen LogP contribution in [0.4, 0.5) is 5.82 Å². The number of nitrogens with one attached hydrogen (secondary N) is 1. The van der Waals surface area contributed by atoms with Gasteiger partial charge in [0, 0.05) is 11.5 Å². The predicted molar refractivity (Wildman–Crippen MR) is 92.7 cm³/mol. The highest BCUT2D eigenvalue weighted by Crippen LogP contribution is 2.46. The van der Waals surface area contributed by atoms with Crippen LogP contribution >= 0.6 is 11.6 Å². The first-order valence-corrected chi connectivity index (χ1v) is 8.96. The molecule has 24 heavy (non-hydrogen) atoms. The highest BCUT2D eigenvalue weighted by atomic mass is 35.5. The second-order valence-electron chi connectivity index (χ2n) is 7.10. The van der Waals surface area contributed by atoms with Gasteiger partial charge in [-0.2, -0.15) is 0 Å². The monoisotopic (exact) mass is 353 g/mol. The largest absolute Gasteiger partial charge is 0.467 e. The molecule has 1 aliphatic carbocycles. The predicted octanol–water partition coefficient (Wildman–Crippen LogP) is 3.04. The summed E-state index contributed by atoms with van der Waals surface area (Å²) in [5.41, 5.74) is 0.0216. The van der Waals surface area contributed by atoms with E-state index in [0.29, 0.717) is 17.3 Å². The SMILES string of the molecule is CCC[C@@]1(C)C[C@@H](C(=O)OC)n2c1c(Cl)nc(NC1CCC1)c2=O. The third-order valence-corrected chi connectivity index (χ3v) is 5.58. The van der Waals surface area contributed by atoms with Crippen molar-refractivity contribution >= 4 is 23.4 Å². The Bertz CT molecular complexity index is 714. The molecular formula is C17H24ClN3O3. The maximum absolute atomic E-state index is 13.0. The standard InChI is InChI=1S/C17H24ClN3O3/c1-4-8-17(2)9-11(16(23)24-3)21-12(17)13(18)20-14(15(21)22)19-10-6-5-7-10/h10-11H,4-9H2,1-3H3,(H,19,20)/t11-,17-/m0/s1. The second-order valence-corrected chi connectivity index (χ2v) is 7.46. The van der Waals surface area contributed by atoms with E-state index in [1.165, 1.54) is 11.7 Å². The number of fused-ring (bicyclic) bond motifs is 1. The number of ether oxygens (including phenoxy) is 1. The molecule has 0 amide bonds. The molecule has 3 rings (SSSR count). The summed E-state index contributed by atoms with van der Waals surface area (Å²) >= 11 is 6.46. The molecule has 2 aliphatic rings. The molecule has 132 valence electrons. The average Bonchev–Trinajstić information content (AvgIpc) is 2.81. The quantitative estimate of drug-likeness (QED) is 0.823. The fourth-order valence-electron chi connectivity index (χ4n) is 3.90. The van der Waals surface area contributed by atoms with Crippen LogP contribution in [-0.4, -0.2) is 28.7 Å². The molecule has 0 radical (unpaired) electrons. The van der Waals surface area contributed by atoms with E-state index in [9.17, 15) is 9.59 Å². The smallest absolute Gasteiger partial charge is 0.329 e. The lowest BCUT2D eigenvalue weighted by molar-refractivity contribution is -0.144. The van der Waals surface area contributed by atoms with E-state index >= 15 is 0 Å². The zero-order valence-electron chi connectivity index (χ0n) is 14.4. The van der Waals surface area contributed by atoms with Crippen molar-refractivity contribution < 1.29 is 9.53 Å². The van der Waals surface area contributed by atoms with Crippen LogP contribution in [0, 0.1) is 0 Å². The fraction of sp³-hybridized carbons (Fsp3) is 0.706. The minimum Gasteiger partial charge on any atom is -0.467 e. The van der Waals surface area contributed by atoms with Crippen LogP contribution in [0.25, 0.3) is 0 Å². The molecule has 1 saturated carbocycles. The number of aromatic nitrogens is 2. The molecular weight excluding hydrogens is 330 g/mol. The molecule has 1 aliphatic heterocycles. The van der Waals surface area contributed by atoms with Crippen LogP contribution in [0.2, 0.25) is 5.15 Å². The van der Waals surface area contributed by atoms with Crippen molar-refractivity contribution in [2.75, 3.05) is 12.4 Å². The molecule has 0 aromatic carbocycles. The van der Waals surface area contributed by atoms with Gasteiger partial charge in [-0.25, -0.2) is 9.78 Å². The van der Waals surface area contributed by atoms with Crippen LogP contribution in [0.15, 0.2) is 4.79 Å². The summed E-state index contributed by atoms with van der Waals surface area (Å²) in [5.74, 6) is -0.168. The van der Waals surface area contributed by atoms with Crippen molar-refractivity contribution in [1.29, 1.82) is 0 Å². The van der Waals surface area contributed by atoms with E-state index in [4.69, 9.17) is 16.3 Å². The lowest BCUT2D eigenvalue weighted by atomic mass is 9.80. The van der Waals surface area contributed by atoms with E-state index in [-0.39, 0.29) is 22.8 Å². The molecule has 2 heterocycles.